The zero-order valence-corrected chi connectivity index (χ0v) is 8.94. The molecule has 1 aromatic rings. The van der Waals surface area contributed by atoms with Crippen LogP contribution in [0.1, 0.15) is 24.5 Å². The number of likely N-dealkylation sites (N-methyl/N-ethyl adjacent to an activating group) is 1. The fourth-order valence-electron chi connectivity index (χ4n) is 1.46. The van der Waals surface area contributed by atoms with Crippen molar-refractivity contribution in [2.24, 2.45) is 0 Å². The molecule has 1 aliphatic rings. The third-order valence-corrected chi connectivity index (χ3v) is 2.49. The molecule has 0 amide bonds. The van der Waals surface area contributed by atoms with Gasteiger partial charge in [0.15, 0.2) is 0 Å². The Kier molecular flexibility index (Phi) is 3.23. The van der Waals surface area contributed by atoms with Crippen LogP contribution in [-0.2, 0) is 0 Å². The molecule has 0 heterocycles. The number of hydrogen-bond donors (Lipinski definition) is 2. The van der Waals surface area contributed by atoms with Crippen molar-refractivity contribution in [2.75, 3.05) is 13.6 Å². The molecule has 15 heavy (non-hydrogen) atoms. The van der Waals surface area contributed by atoms with Gasteiger partial charge in [0.25, 0.3) is 0 Å². The van der Waals surface area contributed by atoms with E-state index < -0.39 is 6.10 Å². The molecule has 0 aromatic heterocycles. The molecule has 0 saturated heterocycles. The lowest BCUT2D eigenvalue weighted by Gasteiger charge is -2.11. The van der Waals surface area contributed by atoms with Crippen LogP contribution in [0.2, 0.25) is 0 Å². The highest BCUT2D eigenvalue weighted by atomic mass is 16.5. The third-order valence-electron chi connectivity index (χ3n) is 2.49. The first-order valence-corrected chi connectivity index (χ1v) is 5.39. The minimum atomic E-state index is -0.440. The van der Waals surface area contributed by atoms with E-state index in [4.69, 9.17) is 4.74 Å². The van der Waals surface area contributed by atoms with Crippen LogP contribution in [0.4, 0.5) is 0 Å². The van der Waals surface area contributed by atoms with Gasteiger partial charge in [0.2, 0.25) is 0 Å². The Bertz CT molecular complexity index is 306. The van der Waals surface area contributed by atoms with Gasteiger partial charge < -0.3 is 15.2 Å². The van der Waals surface area contributed by atoms with Crippen LogP contribution < -0.4 is 10.1 Å². The van der Waals surface area contributed by atoms with E-state index in [1.165, 1.54) is 12.8 Å². The Balaban J connectivity index is 1.95. The van der Waals surface area contributed by atoms with E-state index in [0.717, 1.165) is 11.3 Å². The molecule has 1 aromatic carbocycles. The minimum absolute atomic E-state index is 0.429. The predicted molar refractivity (Wildman–Crippen MR) is 59.0 cm³/mol. The Morgan fingerprint density at radius 2 is 2.07 bits per heavy atom. The van der Waals surface area contributed by atoms with E-state index in [-0.39, 0.29) is 0 Å². The topological polar surface area (TPSA) is 41.5 Å². The largest absolute Gasteiger partial charge is 0.490 e. The summed E-state index contributed by atoms with van der Waals surface area (Å²) in [6.45, 7) is 0.572. The summed E-state index contributed by atoms with van der Waals surface area (Å²) >= 11 is 0. The van der Waals surface area contributed by atoms with Crippen molar-refractivity contribution in [3.05, 3.63) is 29.8 Å². The highest BCUT2D eigenvalue weighted by Crippen LogP contribution is 2.27. The van der Waals surface area contributed by atoms with Crippen molar-refractivity contribution in [1.82, 2.24) is 5.32 Å². The molecule has 3 heteroatoms. The summed E-state index contributed by atoms with van der Waals surface area (Å²) in [6, 6.07) is 7.68. The molecule has 1 atom stereocenters. The molecule has 1 fully saturated rings. The molecular formula is C12H17NO2. The lowest BCUT2D eigenvalue weighted by atomic mass is 10.1. The van der Waals surface area contributed by atoms with E-state index in [0.29, 0.717) is 12.6 Å². The van der Waals surface area contributed by atoms with Gasteiger partial charge >= 0.3 is 0 Å². The highest BCUT2D eigenvalue weighted by Gasteiger charge is 2.23. The normalized spacial score (nSPS) is 17.5. The molecule has 0 spiro atoms. The molecule has 1 aliphatic carbocycles. The molecule has 3 nitrogen and oxygen atoms in total. The smallest absolute Gasteiger partial charge is 0.119 e. The van der Waals surface area contributed by atoms with Gasteiger partial charge in [-0.05, 0) is 37.6 Å². The predicted octanol–water partition coefficient (Wildman–Crippen LogP) is 1.48. The van der Waals surface area contributed by atoms with E-state index in [9.17, 15) is 5.11 Å². The SMILES string of the molecule is CNCC(O)c1ccc(OC2CC2)cc1. The number of nitrogens with one attached hydrogen (secondary N) is 1. The summed E-state index contributed by atoms with van der Waals surface area (Å²) in [5.41, 5.74) is 0.924. The second-order valence-electron chi connectivity index (χ2n) is 3.96. The summed E-state index contributed by atoms with van der Waals surface area (Å²) in [5, 5.41) is 12.6. The molecule has 2 N–H and O–H groups in total. The number of aliphatic hydroxyl groups excluding tert-OH is 1. The fourth-order valence-corrected chi connectivity index (χ4v) is 1.46. The van der Waals surface area contributed by atoms with Gasteiger partial charge in [-0.2, -0.15) is 0 Å². The van der Waals surface area contributed by atoms with Crippen LogP contribution in [0.3, 0.4) is 0 Å². The van der Waals surface area contributed by atoms with Crippen LogP contribution in [0, 0.1) is 0 Å². The molecule has 0 radical (unpaired) electrons. The maximum Gasteiger partial charge on any atom is 0.119 e. The van der Waals surface area contributed by atoms with Gasteiger partial charge in [0, 0.05) is 6.54 Å². The lowest BCUT2D eigenvalue weighted by Crippen LogP contribution is -2.16. The summed E-state index contributed by atoms with van der Waals surface area (Å²) in [6.07, 6.45) is 2.33. The zero-order valence-electron chi connectivity index (χ0n) is 8.94. The quantitative estimate of drug-likeness (QED) is 0.768. The van der Waals surface area contributed by atoms with Gasteiger partial charge in [-0.1, -0.05) is 12.1 Å². The second kappa shape index (κ2) is 4.64. The first-order valence-electron chi connectivity index (χ1n) is 5.39. The van der Waals surface area contributed by atoms with E-state index in [1.54, 1.807) is 0 Å². The summed E-state index contributed by atoms with van der Waals surface area (Å²) < 4.78 is 5.62. The van der Waals surface area contributed by atoms with Gasteiger partial charge in [0.05, 0.1) is 12.2 Å². The average molecular weight is 207 g/mol. The van der Waals surface area contributed by atoms with Gasteiger partial charge in [-0.3, -0.25) is 0 Å². The summed E-state index contributed by atoms with van der Waals surface area (Å²) in [5.74, 6) is 0.901. The van der Waals surface area contributed by atoms with Gasteiger partial charge in [-0.15, -0.1) is 0 Å². The summed E-state index contributed by atoms with van der Waals surface area (Å²) in [7, 11) is 1.83. The molecule has 0 bridgehead atoms. The monoisotopic (exact) mass is 207 g/mol. The highest BCUT2D eigenvalue weighted by molar-refractivity contribution is 5.29. The summed E-state index contributed by atoms with van der Waals surface area (Å²) in [4.78, 5) is 0. The molecular weight excluding hydrogens is 190 g/mol. The maximum atomic E-state index is 9.70. The van der Waals surface area contributed by atoms with Crippen molar-refractivity contribution in [1.29, 1.82) is 0 Å². The first-order chi connectivity index (χ1) is 7.29. The van der Waals surface area contributed by atoms with Gasteiger partial charge in [0.1, 0.15) is 5.75 Å². The van der Waals surface area contributed by atoms with E-state index in [1.807, 2.05) is 31.3 Å². The minimum Gasteiger partial charge on any atom is -0.490 e. The second-order valence-corrected chi connectivity index (χ2v) is 3.96. The Morgan fingerprint density at radius 3 is 2.60 bits per heavy atom. The Labute approximate surface area is 90.1 Å². The van der Waals surface area contributed by atoms with Crippen molar-refractivity contribution in [3.8, 4) is 5.75 Å². The first kappa shape index (κ1) is 10.5. The van der Waals surface area contributed by atoms with E-state index >= 15 is 0 Å². The maximum absolute atomic E-state index is 9.70. The fraction of sp³-hybridized carbons (Fsp3) is 0.500. The number of hydrogen-bond acceptors (Lipinski definition) is 3. The number of rotatable bonds is 5. The van der Waals surface area contributed by atoms with Crippen molar-refractivity contribution < 1.29 is 9.84 Å². The van der Waals surface area contributed by atoms with Crippen molar-refractivity contribution in [3.63, 3.8) is 0 Å². The van der Waals surface area contributed by atoms with Crippen LogP contribution in [0.25, 0.3) is 0 Å². The van der Waals surface area contributed by atoms with Crippen LogP contribution >= 0.6 is 0 Å². The Morgan fingerprint density at radius 1 is 1.40 bits per heavy atom. The van der Waals surface area contributed by atoms with Crippen LogP contribution in [-0.4, -0.2) is 24.8 Å². The number of benzene rings is 1. The molecule has 0 aliphatic heterocycles. The molecule has 1 unspecified atom stereocenters. The standard InChI is InChI=1S/C12H17NO2/c1-13-8-12(14)9-2-4-10(5-3-9)15-11-6-7-11/h2-5,11-14H,6-8H2,1H3. The zero-order chi connectivity index (χ0) is 10.7. The van der Waals surface area contributed by atoms with E-state index in [2.05, 4.69) is 5.32 Å². The van der Waals surface area contributed by atoms with Crippen molar-refractivity contribution >= 4 is 0 Å². The number of aliphatic hydroxyl groups is 1. The molecule has 1 saturated carbocycles. The molecule has 2 rings (SSSR count). The average Bonchev–Trinajstić information content (AvgIpc) is 3.03. The third kappa shape index (κ3) is 2.94. The van der Waals surface area contributed by atoms with Gasteiger partial charge in [-0.25, -0.2) is 0 Å². The number of ether oxygens (including phenoxy) is 1. The molecule has 82 valence electrons. The van der Waals surface area contributed by atoms with Crippen molar-refractivity contribution in [2.45, 2.75) is 25.0 Å². The van der Waals surface area contributed by atoms with Crippen LogP contribution in [0.15, 0.2) is 24.3 Å². The Hall–Kier alpha value is -1.06. The van der Waals surface area contributed by atoms with Crippen LogP contribution in [0.5, 0.6) is 5.75 Å². The lowest BCUT2D eigenvalue weighted by molar-refractivity contribution is 0.177.